The van der Waals surface area contributed by atoms with Gasteiger partial charge in [-0.1, -0.05) is 13.8 Å². The zero-order chi connectivity index (χ0) is 14.8. The topological polar surface area (TPSA) is 63.1 Å². The molecule has 0 unspecified atom stereocenters. The summed E-state index contributed by atoms with van der Waals surface area (Å²) in [7, 11) is -1.49. The van der Waals surface area contributed by atoms with Gasteiger partial charge in [0.05, 0.1) is 4.90 Å². The molecular formula is C14H25N3O2S. The summed E-state index contributed by atoms with van der Waals surface area (Å²) in [5, 5.41) is 3.40. The highest BCUT2D eigenvalue weighted by molar-refractivity contribution is 7.89. The van der Waals surface area contributed by atoms with Crippen molar-refractivity contribution in [2.75, 3.05) is 6.54 Å². The fraction of sp³-hybridized carbons (Fsp3) is 0.714. The highest BCUT2D eigenvalue weighted by Crippen LogP contribution is 2.20. The van der Waals surface area contributed by atoms with Crippen molar-refractivity contribution in [3.05, 3.63) is 18.0 Å². The molecule has 1 aromatic heterocycles. The van der Waals surface area contributed by atoms with Crippen molar-refractivity contribution in [3.63, 3.8) is 0 Å². The average molecular weight is 299 g/mol. The molecule has 1 aliphatic carbocycles. The molecule has 0 aliphatic heterocycles. The van der Waals surface area contributed by atoms with Crippen LogP contribution in [0.5, 0.6) is 0 Å². The predicted octanol–water partition coefficient (Wildman–Crippen LogP) is 1.60. The van der Waals surface area contributed by atoms with Crippen LogP contribution in [0.25, 0.3) is 0 Å². The standard InChI is InChI=1S/C14H25N3O2S/c1-11(2)6-7-16-20(18,19)14-8-13(17(3)10-14)9-15-12-4-5-12/h8,10-12,15-16H,4-7,9H2,1-3H3. The van der Waals surface area contributed by atoms with Crippen molar-refractivity contribution in [2.45, 2.75) is 50.6 Å². The Hall–Kier alpha value is -0.850. The van der Waals surface area contributed by atoms with E-state index in [2.05, 4.69) is 23.9 Å². The van der Waals surface area contributed by atoms with Gasteiger partial charge in [-0.05, 0) is 31.2 Å². The molecule has 0 radical (unpaired) electrons. The minimum absolute atomic E-state index is 0.358. The Morgan fingerprint density at radius 1 is 1.40 bits per heavy atom. The van der Waals surface area contributed by atoms with Crippen LogP contribution in [-0.4, -0.2) is 25.6 Å². The van der Waals surface area contributed by atoms with E-state index in [0.717, 1.165) is 18.7 Å². The summed E-state index contributed by atoms with van der Waals surface area (Å²) in [5.74, 6) is 0.492. The highest BCUT2D eigenvalue weighted by Gasteiger charge is 2.22. The molecule has 114 valence electrons. The Bertz CT molecular complexity index is 545. The fourth-order valence-electron chi connectivity index (χ4n) is 2.00. The Kier molecular flexibility index (Phi) is 4.88. The van der Waals surface area contributed by atoms with E-state index < -0.39 is 10.0 Å². The third kappa shape index (κ3) is 4.33. The molecule has 0 spiro atoms. The van der Waals surface area contributed by atoms with E-state index in [1.54, 1.807) is 12.3 Å². The van der Waals surface area contributed by atoms with Gasteiger partial charge >= 0.3 is 0 Å². The van der Waals surface area contributed by atoms with Crippen LogP contribution < -0.4 is 10.0 Å². The van der Waals surface area contributed by atoms with E-state index in [9.17, 15) is 8.42 Å². The number of hydrogen-bond donors (Lipinski definition) is 2. The number of nitrogens with one attached hydrogen (secondary N) is 2. The van der Waals surface area contributed by atoms with Crippen LogP contribution in [0.3, 0.4) is 0 Å². The molecule has 1 saturated carbocycles. The van der Waals surface area contributed by atoms with Gasteiger partial charge in [0.15, 0.2) is 0 Å². The van der Waals surface area contributed by atoms with Gasteiger partial charge < -0.3 is 9.88 Å². The Balaban J connectivity index is 1.97. The molecule has 1 aliphatic rings. The minimum Gasteiger partial charge on any atom is -0.352 e. The van der Waals surface area contributed by atoms with Crippen LogP contribution in [0.2, 0.25) is 0 Å². The summed E-state index contributed by atoms with van der Waals surface area (Å²) in [4.78, 5) is 0.358. The Labute approximate surface area is 121 Å². The third-order valence-electron chi connectivity index (χ3n) is 3.56. The largest absolute Gasteiger partial charge is 0.352 e. The van der Waals surface area contributed by atoms with Gasteiger partial charge in [0, 0.05) is 38.1 Å². The van der Waals surface area contributed by atoms with Gasteiger partial charge in [0.1, 0.15) is 0 Å². The number of aryl methyl sites for hydroxylation is 1. The maximum absolute atomic E-state index is 12.2. The molecule has 20 heavy (non-hydrogen) atoms. The van der Waals surface area contributed by atoms with Crippen LogP contribution >= 0.6 is 0 Å². The molecule has 1 heterocycles. The molecule has 0 aromatic carbocycles. The number of aromatic nitrogens is 1. The highest BCUT2D eigenvalue weighted by atomic mass is 32.2. The fourth-order valence-corrected chi connectivity index (χ4v) is 3.14. The van der Waals surface area contributed by atoms with Crippen molar-refractivity contribution in [3.8, 4) is 0 Å². The lowest BCUT2D eigenvalue weighted by Crippen LogP contribution is -2.25. The average Bonchev–Trinajstić information content (AvgIpc) is 3.09. The number of nitrogens with zero attached hydrogens (tertiary/aromatic N) is 1. The van der Waals surface area contributed by atoms with Gasteiger partial charge in [-0.2, -0.15) is 0 Å². The molecule has 0 saturated heterocycles. The molecule has 0 amide bonds. The van der Waals surface area contributed by atoms with Crippen molar-refractivity contribution < 1.29 is 8.42 Å². The van der Waals surface area contributed by atoms with Gasteiger partial charge in [0.25, 0.3) is 0 Å². The molecule has 2 rings (SSSR count). The van der Waals surface area contributed by atoms with Crippen LogP contribution in [0.15, 0.2) is 17.2 Å². The van der Waals surface area contributed by atoms with Crippen LogP contribution in [0, 0.1) is 5.92 Å². The van der Waals surface area contributed by atoms with Gasteiger partial charge in [0.2, 0.25) is 10.0 Å². The van der Waals surface area contributed by atoms with Crippen LogP contribution in [-0.2, 0) is 23.6 Å². The van der Waals surface area contributed by atoms with Gasteiger partial charge in [-0.3, -0.25) is 0 Å². The predicted molar refractivity (Wildman–Crippen MR) is 79.9 cm³/mol. The second-order valence-electron chi connectivity index (χ2n) is 6.01. The lowest BCUT2D eigenvalue weighted by molar-refractivity contribution is 0.551. The second-order valence-corrected chi connectivity index (χ2v) is 7.78. The summed E-state index contributed by atoms with van der Waals surface area (Å²) >= 11 is 0. The minimum atomic E-state index is -3.38. The first-order valence-corrected chi connectivity index (χ1v) is 8.75. The first kappa shape index (κ1) is 15.5. The Morgan fingerprint density at radius 3 is 2.70 bits per heavy atom. The normalized spacial score (nSPS) is 16.0. The SMILES string of the molecule is CC(C)CCNS(=O)(=O)c1cc(CNC2CC2)n(C)c1. The van der Waals surface area contributed by atoms with E-state index in [1.807, 2.05) is 11.6 Å². The zero-order valence-corrected chi connectivity index (χ0v) is 13.3. The first-order valence-electron chi connectivity index (χ1n) is 7.27. The monoisotopic (exact) mass is 299 g/mol. The maximum atomic E-state index is 12.2. The quantitative estimate of drug-likeness (QED) is 0.766. The van der Waals surface area contributed by atoms with Crippen molar-refractivity contribution in [1.82, 2.24) is 14.6 Å². The molecule has 0 bridgehead atoms. The lowest BCUT2D eigenvalue weighted by atomic mass is 10.1. The molecular weight excluding hydrogens is 274 g/mol. The van der Waals surface area contributed by atoms with E-state index in [1.165, 1.54) is 12.8 Å². The molecule has 1 fully saturated rings. The second kappa shape index (κ2) is 6.28. The number of hydrogen-bond acceptors (Lipinski definition) is 3. The van der Waals surface area contributed by atoms with Crippen LogP contribution in [0.4, 0.5) is 0 Å². The smallest absolute Gasteiger partial charge is 0.242 e. The molecule has 2 N–H and O–H groups in total. The number of sulfonamides is 1. The van der Waals surface area contributed by atoms with E-state index in [0.29, 0.717) is 23.4 Å². The Morgan fingerprint density at radius 2 is 2.10 bits per heavy atom. The summed E-state index contributed by atoms with van der Waals surface area (Å²) in [6.45, 7) is 5.38. The third-order valence-corrected chi connectivity index (χ3v) is 4.98. The summed E-state index contributed by atoms with van der Waals surface area (Å²) < 4.78 is 28.9. The van der Waals surface area contributed by atoms with E-state index in [4.69, 9.17) is 0 Å². The van der Waals surface area contributed by atoms with Crippen molar-refractivity contribution in [2.24, 2.45) is 13.0 Å². The lowest BCUT2D eigenvalue weighted by Gasteiger charge is -2.06. The van der Waals surface area contributed by atoms with Crippen LogP contribution in [0.1, 0.15) is 38.8 Å². The first-order chi connectivity index (χ1) is 9.38. The molecule has 1 aromatic rings. The summed E-state index contributed by atoms with van der Waals surface area (Å²) in [6, 6.07) is 2.38. The van der Waals surface area contributed by atoms with Gasteiger partial charge in [-0.15, -0.1) is 0 Å². The summed E-state index contributed by atoms with van der Waals surface area (Å²) in [5.41, 5.74) is 1.00. The van der Waals surface area contributed by atoms with E-state index >= 15 is 0 Å². The number of rotatable bonds is 8. The molecule has 6 heteroatoms. The summed E-state index contributed by atoms with van der Waals surface area (Å²) in [6.07, 6.45) is 4.99. The molecule has 0 atom stereocenters. The van der Waals surface area contributed by atoms with Crippen molar-refractivity contribution in [1.29, 1.82) is 0 Å². The maximum Gasteiger partial charge on any atom is 0.242 e. The van der Waals surface area contributed by atoms with E-state index in [-0.39, 0.29) is 0 Å². The van der Waals surface area contributed by atoms with Crippen molar-refractivity contribution >= 4 is 10.0 Å². The van der Waals surface area contributed by atoms with Gasteiger partial charge in [-0.25, -0.2) is 13.1 Å². The zero-order valence-electron chi connectivity index (χ0n) is 12.5. The molecule has 5 nitrogen and oxygen atoms in total.